The van der Waals surface area contributed by atoms with Crippen LogP contribution in [0.25, 0.3) is 22.4 Å². The van der Waals surface area contributed by atoms with Gasteiger partial charge in [0, 0.05) is 23.1 Å². The van der Waals surface area contributed by atoms with Gasteiger partial charge in [-0.2, -0.15) is 0 Å². The first kappa shape index (κ1) is 20.4. The number of aromatic nitrogens is 3. The van der Waals surface area contributed by atoms with Crippen molar-refractivity contribution in [2.24, 2.45) is 0 Å². The van der Waals surface area contributed by atoms with E-state index in [2.05, 4.69) is 123 Å². The molecule has 4 aromatic carbocycles. The molecule has 0 unspecified atom stereocenters. The summed E-state index contributed by atoms with van der Waals surface area (Å²) in [5.74, 6) is 0. The minimum Gasteiger partial charge on any atom is -0.306 e. The van der Waals surface area contributed by atoms with E-state index in [1.807, 2.05) is 18.3 Å². The predicted molar refractivity (Wildman–Crippen MR) is 146 cm³/mol. The number of fused-ring (bicyclic) bond motifs is 3. The molecule has 170 valence electrons. The van der Waals surface area contributed by atoms with E-state index >= 15 is 0 Å². The second-order valence-corrected chi connectivity index (χ2v) is 8.63. The van der Waals surface area contributed by atoms with Crippen molar-refractivity contribution in [1.82, 2.24) is 15.0 Å². The van der Waals surface area contributed by atoms with Crippen molar-refractivity contribution in [2.45, 2.75) is 0 Å². The highest BCUT2D eigenvalue weighted by atomic mass is 15.3. The van der Waals surface area contributed by atoms with E-state index in [4.69, 9.17) is 4.98 Å². The lowest BCUT2D eigenvalue weighted by atomic mass is 10.0. The van der Waals surface area contributed by atoms with Gasteiger partial charge in [0.15, 0.2) is 5.65 Å². The van der Waals surface area contributed by atoms with Gasteiger partial charge >= 0.3 is 0 Å². The Morgan fingerprint density at radius 3 is 1.64 bits per heavy atom. The topological polar surface area (TPSA) is 45.2 Å². The zero-order valence-corrected chi connectivity index (χ0v) is 19.4. The quantitative estimate of drug-likeness (QED) is 0.266. The largest absolute Gasteiger partial charge is 0.306 e. The Labute approximate surface area is 209 Å². The fourth-order valence-electron chi connectivity index (χ4n) is 4.85. The molecule has 2 aromatic heterocycles. The van der Waals surface area contributed by atoms with Gasteiger partial charge in [-0.05, 0) is 60.7 Å². The maximum Gasteiger partial charge on any atom is 0.178 e. The van der Waals surface area contributed by atoms with Crippen LogP contribution in [-0.4, -0.2) is 15.0 Å². The molecular weight excluding hydrogens is 442 g/mol. The molecule has 0 bridgehead atoms. The molecule has 5 nitrogen and oxygen atoms in total. The Bertz CT molecular complexity index is 1650. The van der Waals surface area contributed by atoms with Crippen LogP contribution in [0, 0.1) is 0 Å². The lowest BCUT2D eigenvalue weighted by molar-refractivity contribution is 1.17. The normalized spacial score (nSPS) is 12.3. The van der Waals surface area contributed by atoms with Gasteiger partial charge in [-0.1, -0.05) is 54.6 Å². The second kappa shape index (κ2) is 8.32. The molecule has 0 saturated carbocycles. The van der Waals surface area contributed by atoms with Gasteiger partial charge in [0.1, 0.15) is 5.52 Å². The predicted octanol–water partition coefficient (Wildman–Crippen LogP) is 7.94. The monoisotopic (exact) mass is 463 g/mol. The Kier molecular flexibility index (Phi) is 4.71. The number of anilines is 6. The summed E-state index contributed by atoms with van der Waals surface area (Å²) in [6, 6.07) is 39.9. The molecular formula is C31H21N5. The Balaban J connectivity index is 1.34. The van der Waals surface area contributed by atoms with E-state index < -0.39 is 0 Å². The molecule has 36 heavy (non-hydrogen) atoms. The van der Waals surface area contributed by atoms with Gasteiger partial charge in [-0.15, -0.1) is 0 Å². The summed E-state index contributed by atoms with van der Waals surface area (Å²) in [5, 5.41) is 0. The average molecular weight is 464 g/mol. The van der Waals surface area contributed by atoms with Gasteiger partial charge in [0.05, 0.1) is 34.6 Å². The minimum absolute atomic E-state index is 0.652. The number of benzene rings is 4. The van der Waals surface area contributed by atoms with Crippen molar-refractivity contribution >= 4 is 45.3 Å². The molecule has 6 aromatic rings. The van der Waals surface area contributed by atoms with E-state index in [1.54, 1.807) is 6.20 Å². The van der Waals surface area contributed by atoms with Crippen LogP contribution in [0.3, 0.4) is 0 Å². The third kappa shape index (κ3) is 3.29. The molecule has 0 fully saturated rings. The number of hydrogen-bond acceptors (Lipinski definition) is 5. The molecule has 5 heteroatoms. The van der Waals surface area contributed by atoms with Crippen molar-refractivity contribution in [1.29, 1.82) is 0 Å². The summed E-state index contributed by atoms with van der Waals surface area (Å²) in [5.41, 5.74) is 10.0. The third-order valence-electron chi connectivity index (χ3n) is 6.48. The van der Waals surface area contributed by atoms with E-state index in [9.17, 15) is 0 Å². The molecule has 0 N–H and O–H groups in total. The summed E-state index contributed by atoms with van der Waals surface area (Å²) in [4.78, 5) is 18.2. The van der Waals surface area contributed by atoms with E-state index in [-0.39, 0.29) is 0 Å². The summed E-state index contributed by atoms with van der Waals surface area (Å²) < 4.78 is 0. The standard InChI is InChI=1S/C31H21N5/c1-2-9-23(10-3-1)35-27-12-4-6-14-29(27)36(30-15-7-5-13-28(30)35)24-18-16-22(17-19-24)26-21-33-25-11-8-20-32-31(25)34-26/h1-21H. The van der Waals surface area contributed by atoms with Gasteiger partial charge in [-0.3, -0.25) is 4.98 Å². The maximum atomic E-state index is 4.71. The number of pyridine rings is 1. The van der Waals surface area contributed by atoms with Crippen LogP contribution in [0.4, 0.5) is 34.1 Å². The minimum atomic E-state index is 0.652. The first-order chi connectivity index (χ1) is 17.9. The highest BCUT2D eigenvalue weighted by Crippen LogP contribution is 2.53. The number of hydrogen-bond donors (Lipinski definition) is 0. The molecule has 1 aliphatic rings. The van der Waals surface area contributed by atoms with Crippen LogP contribution in [0.5, 0.6) is 0 Å². The molecule has 0 saturated heterocycles. The van der Waals surface area contributed by atoms with E-state index in [0.29, 0.717) is 5.65 Å². The summed E-state index contributed by atoms with van der Waals surface area (Å²) in [6.07, 6.45) is 3.55. The fraction of sp³-hybridized carbons (Fsp3) is 0. The molecule has 1 aliphatic heterocycles. The highest BCUT2D eigenvalue weighted by molar-refractivity contribution is 6.01. The van der Waals surface area contributed by atoms with Crippen molar-refractivity contribution < 1.29 is 0 Å². The van der Waals surface area contributed by atoms with Gasteiger partial charge < -0.3 is 9.80 Å². The molecule has 3 heterocycles. The van der Waals surface area contributed by atoms with E-state index in [1.165, 1.54) is 0 Å². The first-order valence-corrected chi connectivity index (χ1v) is 11.9. The summed E-state index contributed by atoms with van der Waals surface area (Å²) in [7, 11) is 0. The summed E-state index contributed by atoms with van der Waals surface area (Å²) in [6.45, 7) is 0. The number of para-hydroxylation sites is 5. The Hall–Kier alpha value is -5.03. The van der Waals surface area contributed by atoms with Crippen LogP contribution in [0.1, 0.15) is 0 Å². The van der Waals surface area contributed by atoms with Crippen molar-refractivity contribution in [3.05, 3.63) is 128 Å². The van der Waals surface area contributed by atoms with Crippen molar-refractivity contribution in [2.75, 3.05) is 9.80 Å². The zero-order valence-electron chi connectivity index (χ0n) is 19.4. The van der Waals surface area contributed by atoms with Gasteiger partial charge in [0.2, 0.25) is 0 Å². The first-order valence-electron chi connectivity index (χ1n) is 11.9. The fourth-order valence-corrected chi connectivity index (χ4v) is 4.85. The second-order valence-electron chi connectivity index (χ2n) is 8.63. The van der Waals surface area contributed by atoms with E-state index in [0.717, 1.165) is 50.9 Å². The van der Waals surface area contributed by atoms with Crippen LogP contribution < -0.4 is 9.80 Å². The van der Waals surface area contributed by atoms with Crippen molar-refractivity contribution in [3.8, 4) is 11.3 Å². The van der Waals surface area contributed by atoms with Crippen LogP contribution >= 0.6 is 0 Å². The van der Waals surface area contributed by atoms with Crippen molar-refractivity contribution in [3.63, 3.8) is 0 Å². The van der Waals surface area contributed by atoms with Gasteiger partial charge in [0.25, 0.3) is 0 Å². The number of nitrogens with zero attached hydrogens (tertiary/aromatic N) is 5. The molecule has 7 rings (SSSR count). The average Bonchev–Trinajstić information content (AvgIpc) is 2.96. The third-order valence-corrected chi connectivity index (χ3v) is 6.48. The summed E-state index contributed by atoms with van der Waals surface area (Å²) >= 11 is 0. The molecule has 0 aliphatic carbocycles. The highest BCUT2D eigenvalue weighted by Gasteiger charge is 2.29. The Morgan fingerprint density at radius 2 is 1.03 bits per heavy atom. The smallest absolute Gasteiger partial charge is 0.178 e. The van der Waals surface area contributed by atoms with Gasteiger partial charge in [-0.25, -0.2) is 9.97 Å². The Morgan fingerprint density at radius 1 is 0.472 bits per heavy atom. The SMILES string of the molecule is c1ccc(N2c3ccccc3N(c3ccc(-c4cnc5cccnc5n4)cc3)c3ccccc32)cc1. The lowest BCUT2D eigenvalue weighted by Crippen LogP contribution is -2.23. The van der Waals surface area contributed by atoms with Crippen LogP contribution in [0.2, 0.25) is 0 Å². The number of rotatable bonds is 3. The molecule has 0 amide bonds. The molecule has 0 atom stereocenters. The zero-order chi connectivity index (χ0) is 23.9. The van der Waals surface area contributed by atoms with Crippen LogP contribution in [0.15, 0.2) is 128 Å². The maximum absolute atomic E-state index is 4.71. The van der Waals surface area contributed by atoms with Crippen LogP contribution in [-0.2, 0) is 0 Å². The molecule has 0 spiro atoms. The molecule has 0 radical (unpaired) electrons. The lowest BCUT2D eigenvalue weighted by Gasteiger charge is -2.40.